The molecule has 3 aromatic carbocycles. The second-order valence-electron chi connectivity index (χ2n) is 10.4. The zero-order chi connectivity index (χ0) is 31.7. The number of hydrogen-bond donors (Lipinski definition) is 0. The van der Waals surface area contributed by atoms with Gasteiger partial charge in [-0.25, -0.2) is 0 Å². The molecule has 0 unspecified atom stereocenters. The molecular weight excluding hydrogens is 584 g/mol. The molecule has 0 amide bonds. The maximum absolute atomic E-state index is 11.2. The van der Waals surface area contributed by atoms with Crippen LogP contribution in [0.3, 0.4) is 0 Å². The second kappa shape index (κ2) is 21.0. The average Bonchev–Trinajstić information content (AvgIpc) is 2.94. The molecule has 3 aromatic rings. The molecule has 0 radical (unpaired) electrons. The van der Waals surface area contributed by atoms with E-state index in [4.69, 9.17) is 0 Å². The fraction of sp³-hybridized carbons (Fsp3) is 0.333. The summed E-state index contributed by atoms with van der Waals surface area (Å²) in [6.45, 7) is 8.80. The number of ketones is 6. The Morgan fingerprint density at radius 1 is 0.372 bits per heavy atom. The normalized spacial score (nSPS) is 9.98. The largest absolute Gasteiger partial charge is 0.299 e. The molecule has 0 spiro atoms. The van der Waals surface area contributed by atoms with Crippen LogP contribution in [-0.2, 0) is 65.1 Å². The van der Waals surface area contributed by atoms with Gasteiger partial charge in [-0.3, -0.25) is 28.8 Å². The monoisotopic (exact) mass is 626 g/mol. The molecule has 0 saturated heterocycles. The molecule has 0 aromatic heterocycles. The number of rotatable bonds is 12. The molecule has 0 aliphatic rings. The fourth-order valence-electron chi connectivity index (χ4n) is 4.27. The molecule has 230 valence electrons. The first-order chi connectivity index (χ1) is 19.8. The molecule has 0 fully saturated rings. The number of carbonyl (C=O) groups excluding carboxylic acids is 6. The topological polar surface area (TPSA) is 102 Å². The van der Waals surface area contributed by atoms with Gasteiger partial charge in [-0.1, -0.05) is 91.0 Å². The molecular formula is C36H42FeO6. The van der Waals surface area contributed by atoms with E-state index in [1.807, 2.05) is 91.0 Å². The molecule has 0 N–H and O–H groups in total. The van der Waals surface area contributed by atoms with E-state index in [0.717, 1.165) is 16.7 Å². The standard InChI is InChI=1S/3C12H14O2.Fe/c3*1-9(13)12(10(2)14)8-11-6-4-3-5-7-11;/h3*3-7,12H,8H2,1-2H3;. The molecule has 3 rings (SSSR count). The van der Waals surface area contributed by atoms with Gasteiger partial charge in [0.15, 0.2) is 0 Å². The van der Waals surface area contributed by atoms with Crippen LogP contribution in [0, 0.1) is 17.8 Å². The van der Waals surface area contributed by atoms with Crippen LogP contribution in [0.4, 0.5) is 0 Å². The Balaban J connectivity index is 0.000000608. The molecule has 0 aliphatic carbocycles. The van der Waals surface area contributed by atoms with E-state index < -0.39 is 17.8 Å². The summed E-state index contributed by atoms with van der Waals surface area (Å²) in [5, 5.41) is 0. The Labute approximate surface area is 266 Å². The smallest absolute Gasteiger partial charge is 0.140 e. The van der Waals surface area contributed by atoms with E-state index in [-0.39, 0.29) is 51.8 Å². The summed E-state index contributed by atoms with van der Waals surface area (Å²) in [7, 11) is 0. The summed E-state index contributed by atoms with van der Waals surface area (Å²) in [6, 6.07) is 28.8. The Bertz CT molecular complexity index is 1110. The van der Waals surface area contributed by atoms with Crippen LogP contribution in [0.1, 0.15) is 58.2 Å². The second-order valence-corrected chi connectivity index (χ2v) is 10.4. The zero-order valence-corrected chi connectivity index (χ0v) is 26.9. The van der Waals surface area contributed by atoms with Gasteiger partial charge in [0.1, 0.15) is 34.7 Å². The van der Waals surface area contributed by atoms with Gasteiger partial charge in [0, 0.05) is 17.1 Å². The van der Waals surface area contributed by atoms with Gasteiger partial charge >= 0.3 is 0 Å². The number of carbonyl (C=O) groups is 6. The van der Waals surface area contributed by atoms with Crippen molar-refractivity contribution >= 4 is 34.7 Å². The van der Waals surface area contributed by atoms with Crippen LogP contribution in [0.15, 0.2) is 91.0 Å². The summed E-state index contributed by atoms with van der Waals surface area (Å²) in [4.78, 5) is 67.0. The first-order valence-electron chi connectivity index (χ1n) is 14.0. The maximum atomic E-state index is 11.2. The number of hydrogen-bond acceptors (Lipinski definition) is 6. The Morgan fingerprint density at radius 2 is 0.535 bits per heavy atom. The third-order valence-corrected chi connectivity index (χ3v) is 6.79. The summed E-state index contributed by atoms with van der Waals surface area (Å²) in [5.74, 6) is -1.75. The van der Waals surface area contributed by atoms with Crippen molar-refractivity contribution in [2.45, 2.75) is 60.8 Å². The van der Waals surface area contributed by atoms with E-state index in [2.05, 4.69) is 0 Å². The van der Waals surface area contributed by atoms with Crippen molar-refractivity contribution in [1.29, 1.82) is 0 Å². The number of benzene rings is 3. The Morgan fingerprint density at radius 3 is 0.674 bits per heavy atom. The van der Waals surface area contributed by atoms with E-state index in [0.29, 0.717) is 19.3 Å². The molecule has 0 aliphatic heterocycles. The molecule has 0 saturated carbocycles. The molecule has 6 nitrogen and oxygen atoms in total. The van der Waals surface area contributed by atoms with Gasteiger partial charge in [-0.15, -0.1) is 0 Å². The minimum absolute atomic E-state index is 0. The minimum atomic E-state index is -0.475. The van der Waals surface area contributed by atoms with Gasteiger partial charge in [0.2, 0.25) is 0 Å². The van der Waals surface area contributed by atoms with Crippen molar-refractivity contribution in [1.82, 2.24) is 0 Å². The molecule has 0 bridgehead atoms. The maximum Gasteiger partial charge on any atom is 0.140 e. The van der Waals surface area contributed by atoms with E-state index in [1.54, 1.807) is 0 Å². The van der Waals surface area contributed by atoms with Gasteiger partial charge in [-0.2, -0.15) is 0 Å². The summed E-state index contributed by atoms with van der Waals surface area (Å²) < 4.78 is 0. The van der Waals surface area contributed by atoms with Gasteiger partial charge in [0.25, 0.3) is 0 Å². The quantitative estimate of drug-likeness (QED) is 0.179. The molecule has 0 atom stereocenters. The number of Topliss-reactive ketones (excluding diaryl/α,β-unsaturated/α-hetero) is 6. The van der Waals surface area contributed by atoms with Gasteiger partial charge < -0.3 is 0 Å². The van der Waals surface area contributed by atoms with Crippen LogP contribution in [-0.4, -0.2) is 34.7 Å². The van der Waals surface area contributed by atoms with Crippen molar-refractivity contribution in [3.05, 3.63) is 108 Å². The summed E-state index contributed by atoms with van der Waals surface area (Å²) in [6.07, 6.45) is 1.56. The molecule has 0 heterocycles. The van der Waals surface area contributed by atoms with Crippen molar-refractivity contribution in [3.63, 3.8) is 0 Å². The van der Waals surface area contributed by atoms with E-state index >= 15 is 0 Å². The van der Waals surface area contributed by atoms with Crippen LogP contribution in [0.25, 0.3) is 0 Å². The van der Waals surface area contributed by atoms with Crippen LogP contribution in [0.2, 0.25) is 0 Å². The van der Waals surface area contributed by atoms with E-state index in [1.165, 1.54) is 41.5 Å². The predicted molar refractivity (Wildman–Crippen MR) is 165 cm³/mol. The Hall–Kier alpha value is -3.80. The SMILES string of the molecule is CC(=O)C(Cc1ccccc1)C(C)=O.CC(=O)C(Cc1ccccc1)C(C)=O.CC(=O)C(Cc1ccccc1)C(C)=O.[Fe]. The third-order valence-electron chi connectivity index (χ3n) is 6.79. The predicted octanol–water partition coefficient (Wildman–Crippen LogP) is 6.07. The van der Waals surface area contributed by atoms with Crippen LogP contribution >= 0.6 is 0 Å². The zero-order valence-electron chi connectivity index (χ0n) is 25.8. The first-order valence-corrected chi connectivity index (χ1v) is 14.0. The van der Waals surface area contributed by atoms with Crippen LogP contribution < -0.4 is 0 Å². The first kappa shape index (κ1) is 39.2. The van der Waals surface area contributed by atoms with Crippen molar-refractivity contribution in [2.75, 3.05) is 0 Å². The Kier molecular flexibility index (Phi) is 19.1. The molecule has 7 heteroatoms. The van der Waals surface area contributed by atoms with Crippen LogP contribution in [0.5, 0.6) is 0 Å². The fourth-order valence-corrected chi connectivity index (χ4v) is 4.27. The van der Waals surface area contributed by atoms with Crippen molar-refractivity contribution in [3.8, 4) is 0 Å². The van der Waals surface area contributed by atoms with Crippen molar-refractivity contribution < 1.29 is 45.8 Å². The van der Waals surface area contributed by atoms with E-state index in [9.17, 15) is 28.8 Å². The van der Waals surface area contributed by atoms with Gasteiger partial charge in [-0.05, 0) is 77.5 Å². The summed E-state index contributed by atoms with van der Waals surface area (Å²) >= 11 is 0. The average molecular weight is 627 g/mol. The summed E-state index contributed by atoms with van der Waals surface area (Å²) in [5.41, 5.74) is 3.09. The third kappa shape index (κ3) is 15.8. The van der Waals surface area contributed by atoms with Gasteiger partial charge in [0.05, 0.1) is 17.8 Å². The minimum Gasteiger partial charge on any atom is -0.299 e. The van der Waals surface area contributed by atoms with Crippen molar-refractivity contribution in [2.24, 2.45) is 17.8 Å². The molecule has 43 heavy (non-hydrogen) atoms.